The predicted octanol–water partition coefficient (Wildman–Crippen LogP) is -0.0491. The Labute approximate surface area is 48.6 Å². The van der Waals surface area contributed by atoms with E-state index in [1.807, 2.05) is 6.92 Å². The number of amides is 1. The van der Waals surface area contributed by atoms with Crippen molar-refractivity contribution in [2.45, 2.75) is 19.4 Å². The molecule has 1 unspecified atom stereocenters. The van der Waals surface area contributed by atoms with Gasteiger partial charge in [-0.2, -0.15) is 0 Å². The van der Waals surface area contributed by atoms with Crippen molar-refractivity contribution in [3.8, 4) is 0 Å². The van der Waals surface area contributed by atoms with Crippen LogP contribution in [0.3, 0.4) is 0 Å². The average molecular weight is 114 g/mol. The molecule has 8 heavy (non-hydrogen) atoms. The van der Waals surface area contributed by atoms with Crippen molar-refractivity contribution in [1.82, 2.24) is 0 Å². The van der Waals surface area contributed by atoms with Gasteiger partial charge in [-0.15, -0.1) is 0 Å². The number of rotatable bonds is 2. The van der Waals surface area contributed by atoms with Gasteiger partial charge >= 0.3 is 0 Å². The monoisotopic (exact) mass is 114 g/mol. The molecular formula is C5H10N2O. The maximum atomic E-state index is 10.4. The first-order valence-electron chi connectivity index (χ1n) is 2.48. The van der Waals surface area contributed by atoms with Crippen LogP contribution >= 0.6 is 0 Å². The van der Waals surface area contributed by atoms with E-state index in [4.69, 9.17) is 5.73 Å². The lowest BCUT2D eigenvalue weighted by Crippen LogP contribution is -2.27. The van der Waals surface area contributed by atoms with Crippen LogP contribution < -0.4 is 5.73 Å². The first-order valence-corrected chi connectivity index (χ1v) is 2.48. The van der Waals surface area contributed by atoms with E-state index in [1.54, 1.807) is 0 Å². The van der Waals surface area contributed by atoms with Crippen LogP contribution in [0.15, 0.2) is 4.99 Å². The molecule has 0 radical (unpaired) electrons. The first-order chi connectivity index (χ1) is 3.72. The van der Waals surface area contributed by atoms with E-state index in [0.717, 1.165) is 0 Å². The van der Waals surface area contributed by atoms with Crippen LogP contribution in [0.5, 0.6) is 0 Å². The number of hydrogen-bond donors (Lipinski definition) is 1. The van der Waals surface area contributed by atoms with Gasteiger partial charge in [-0.1, -0.05) is 6.92 Å². The molecule has 0 rings (SSSR count). The molecule has 2 N–H and O–H groups in total. The predicted molar refractivity (Wildman–Crippen MR) is 32.8 cm³/mol. The smallest absolute Gasteiger partial charge is 0.261 e. The third-order valence-corrected chi connectivity index (χ3v) is 0.913. The number of nitrogens with zero attached hydrogens (tertiary/aromatic N) is 1. The Balaban J connectivity index is 3.62. The summed E-state index contributed by atoms with van der Waals surface area (Å²) in [5.74, 6) is -0.326. The van der Waals surface area contributed by atoms with Crippen molar-refractivity contribution < 1.29 is 4.79 Å². The lowest BCUT2D eigenvalue weighted by Gasteiger charge is -1.98. The summed E-state index contributed by atoms with van der Waals surface area (Å²) in [6.07, 6.45) is 0.623. The van der Waals surface area contributed by atoms with Crippen molar-refractivity contribution in [3.63, 3.8) is 0 Å². The number of nitrogens with two attached hydrogens (primary N) is 1. The summed E-state index contributed by atoms with van der Waals surface area (Å²) >= 11 is 0. The van der Waals surface area contributed by atoms with Gasteiger partial charge in [0, 0.05) is 0 Å². The zero-order valence-corrected chi connectivity index (χ0v) is 4.92. The maximum absolute atomic E-state index is 10.4. The Morgan fingerprint density at radius 3 is 2.62 bits per heavy atom. The number of carbonyl (C=O) groups excluding carboxylic acids is 1. The number of hydrogen-bond acceptors (Lipinski definition) is 2. The minimum atomic E-state index is -0.451. The van der Waals surface area contributed by atoms with Gasteiger partial charge in [0.1, 0.15) is 0 Å². The normalized spacial score (nSPS) is 12.8. The number of carbonyl (C=O) groups is 1. The van der Waals surface area contributed by atoms with E-state index in [2.05, 4.69) is 11.7 Å². The maximum Gasteiger partial charge on any atom is 0.261 e. The molecule has 0 fully saturated rings. The van der Waals surface area contributed by atoms with Gasteiger partial charge in [-0.3, -0.25) is 4.79 Å². The summed E-state index contributed by atoms with van der Waals surface area (Å²) < 4.78 is 0. The van der Waals surface area contributed by atoms with Crippen LogP contribution in [0.4, 0.5) is 0 Å². The van der Waals surface area contributed by atoms with Crippen LogP contribution in [0, 0.1) is 0 Å². The highest BCUT2D eigenvalue weighted by molar-refractivity contribution is 5.85. The molecular weight excluding hydrogens is 104 g/mol. The summed E-state index contributed by atoms with van der Waals surface area (Å²) in [6.45, 7) is 4.88. The first kappa shape index (κ1) is 7.30. The van der Waals surface area contributed by atoms with Gasteiger partial charge in [0.05, 0.1) is 6.04 Å². The highest BCUT2D eigenvalue weighted by atomic mass is 16.1. The third kappa shape index (κ3) is 1.84. The van der Waals surface area contributed by atoms with Gasteiger partial charge in [0.25, 0.3) is 5.91 Å². The largest absolute Gasteiger partial charge is 0.320 e. The van der Waals surface area contributed by atoms with Gasteiger partial charge < -0.3 is 5.73 Å². The van der Waals surface area contributed by atoms with Crippen molar-refractivity contribution >= 4 is 12.6 Å². The Bertz CT molecular complexity index is 101. The molecule has 0 aromatic rings. The van der Waals surface area contributed by atoms with E-state index in [1.165, 1.54) is 0 Å². The fraction of sp³-hybridized carbons (Fsp3) is 0.600. The van der Waals surface area contributed by atoms with E-state index >= 15 is 0 Å². The second-order valence-electron chi connectivity index (χ2n) is 1.51. The summed E-state index contributed by atoms with van der Waals surface area (Å²) in [5, 5.41) is 0. The topological polar surface area (TPSA) is 55.5 Å². The van der Waals surface area contributed by atoms with E-state index in [0.29, 0.717) is 6.42 Å². The van der Waals surface area contributed by atoms with Crippen LogP contribution in [-0.4, -0.2) is 18.7 Å². The van der Waals surface area contributed by atoms with Crippen LogP contribution in [0.25, 0.3) is 0 Å². The molecule has 0 aliphatic rings. The van der Waals surface area contributed by atoms with Crippen molar-refractivity contribution in [2.75, 3.05) is 0 Å². The minimum absolute atomic E-state index is 0.326. The quantitative estimate of drug-likeness (QED) is 0.512. The lowest BCUT2D eigenvalue weighted by atomic mass is 10.2. The Morgan fingerprint density at radius 1 is 2.00 bits per heavy atom. The zero-order valence-electron chi connectivity index (χ0n) is 4.92. The lowest BCUT2D eigenvalue weighted by molar-refractivity contribution is -0.118. The molecule has 0 bridgehead atoms. The second-order valence-corrected chi connectivity index (χ2v) is 1.51. The molecule has 0 saturated heterocycles. The van der Waals surface area contributed by atoms with Crippen molar-refractivity contribution in [1.29, 1.82) is 0 Å². The van der Waals surface area contributed by atoms with Crippen molar-refractivity contribution in [3.05, 3.63) is 0 Å². The van der Waals surface area contributed by atoms with Crippen LogP contribution in [0.1, 0.15) is 13.3 Å². The summed E-state index contributed by atoms with van der Waals surface area (Å²) in [6, 6.07) is -0.451. The van der Waals surface area contributed by atoms with Gasteiger partial charge in [-0.05, 0) is 13.1 Å². The second kappa shape index (κ2) is 3.32. The van der Waals surface area contributed by atoms with E-state index in [-0.39, 0.29) is 5.91 Å². The highest BCUT2D eigenvalue weighted by Crippen LogP contribution is 1.86. The Hall–Kier alpha value is -0.700. The Morgan fingerprint density at radius 2 is 2.50 bits per heavy atom. The van der Waals surface area contributed by atoms with Crippen LogP contribution in [-0.2, 0) is 4.79 Å². The molecule has 46 valence electrons. The average Bonchev–Trinajstić information content (AvgIpc) is 1.84. The molecule has 0 aromatic carbocycles. The molecule has 1 atom stereocenters. The fourth-order valence-electron chi connectivity index (χ4n) is 0.292. The molecule has 0 aliphatic carbocycles. The van der Waals surface area contributed by atoms with Crippen molar-refractivity contribution in [2.24, 2.45) is 10.7 Å². The van der Waals surface area contributed by atoms with Crippen LogP contribution in [0.2, 0.25) is 0 Å². The molecule has 1 amide bonds. The fourth-order valence-corrected chi connectivity index (χ4v) is 0.292. The molecule has 0 aromatic heterocycles. The zero-order chi connectivity index (χ0) is 6.57. The SMILES string of the molecule is C=NC(=O)C(N)CC. The minimum Gasteiger partial charge on any atom is -0.320 e. The molecule has 0 saturated carbocycles. The third-order valence-electron chi connectivity index (χ3n) is 0.913. The van der Waals surface area contributed by atoms with E-state index in [9.17, 15) is 4.79 Å². The Kier molecular flexibility index (Phi) is 3.03. The van der Waals surface area contributed by atoms with E-state index < -0.39 is 6.04 Å². The summed E-state index contributed by atoms with van der Waals surface area (Å²) in [5.41, 5.74) is 5.24. The molecule has 0 heterocycles. The molecule has 0 aliphatic heterocycles. The van der Waals surface area contributed by atoms with Gasteiger partial charge in [0.15, 0.2) is 0 Å². The summed E-state index contributed by atoms with van der Waals surface area (Å²) in [4.78, 5) is 13.5. The molecule has 3 heteroatoms. The standard InChI is InChI=1S/C5H10N2O/c1-3-4(6)5(8)7-2/h4H,2-3,6H2,1H3. The summed E-state index contributed by atoms with van der Waals surface area (Å²) in [7, 11) is 0. The van der Waals surface area contributed by atoms with Gasteiger partial charge in [0.2, 0.25) is 0 Å². The molecule has 3 nitrogen and oxygen atoms in total. The number of aliphatic imine (C=N–C) groups is 1. The highest BCUT2D eigenvalue weighted by Gasteiger charge is 2.05. The van der Waals surface area contributed by atoms with Gasteiger partial charge in [-0.25, -0.2) is 4.99 Å². The molecule has 0 spiro atoms.